The van der Waals surface area contributed by atoms with Crippen molar-refractivity contribution in [2.24, 2.45) is 11.8 Å². The molecule has 0 radical (unpaired) electrons. The van der Waals surface area contributed by atoms with Crippen LogP contribution in [0.25, 0.3) is 0 Å². The van der Waals surface area contributed by atoms with Crippen LogP contribution in [0.3, 0.4) is 0 Å². The van der Waals surface area contributed by atoms with E-state index in [0.717, 1.165) is 38.0 Å². The molecule has 2 aromatic carbocycles. The van der Waals surface area contributed by atoms with Gasteiger partial charge in [-0.1, -0.05) is 25.1 Å². The first-order chi connectivity index (χ1) is 15.9. The molecule has 2 unspecified atom stereocenters. The van der Waals surface area contributed by atoms with E-state index in [1.807, 2.05) is 0 Å². The number of rotatable bonds is 8. The molecule has 0 aromatic heterocycles. The molecule has 1 saturated heterocycles. The van der Waals surface area contributed by atoms with Gasteiger partial charge in [-0.15, -0.1) is 0 Å². The molecule has 2 heterocycles. The summed E-state index contributed by atoms with van der Waals surface area (Å²) in [5, 5.41) is 13.2. The minimum atomic E-state index is -4.03. The number of hydrogen-bond acceptors (Lipinski definition) is 6. The molecule has 1 saturated carbocycles. The highest BCUT2D eigenvalue weighted by Crippen LogP contribution is 2.55. The van der Waals surface area contributed by atoms with Gasteiger partial charge in [-0.3, -0.25) is 4.72 Å². The number of fused-ring (bicyclic) bond motifs is 3. The molecule has 2 aromatic rings. The van der Waals surface area contributed by atoms with E-state index in [1.54, 1.807) is 24.3 Å². The number of likely N-dealkylation sites (tertiary alicyclic amines) is 1. The number of aromatic carboxylic acids is 1. The first-order valence-electron chi connectivity index (χ1n) is 11.5. The topological polar surface area (TPSA) is 108 Å². The Kier molecular flexibility index (Phi) is 5.70. The molecule has 3 N–H and O–H groups in total. The lowest BCUT2D eigenvalue weighted by Gasteiger charge is -2.22. The van der Waals surface area contributed by atoms with Crippen LogP contribution >= 0.6 is 0 Å². The minimum absolute atomic E-state index is 0.0181. The molecule has 176 valence electrons. The Balaban J connectivity index is 1.40. The van der Waals surface area contributed by atoms with Crippen molar-refractivity contribution >= 4 is 27.4 Å². The number of nitrogens with one attached hydrogen (secondary N) is 2. The molecule has 9 heteroatoms. The number of anilines is 2. The van der Waals surface area contributed by atoms with Crippen LogP contribution in [0.4, 0.5) is 11.4 Å². The average molecular weight is 472 g/mol. The Hall–Kier alpha value is -2.78. The summed E-state index contributed by atoms with van der Waals surface area (Å²) in [6.07, 6.45) is 2.06. The van der Waals surface area contributed by atoms with Gasteiger partial charge >= 0.3 is 5.97 Å². The number of carboxylic acid groups (broad SMARTS) is 1. The third kappa shape index (κ3) is 4.27. The maximum atomic E-state index is 13.3. The minimum Gasteiger partial charge on any atom is -0.492 e. The van der Waals surface area contributed by atoms with Crippen LogP contribution in [0.5, 0.6) is 5.75 Å². The van der Waals surface area contributed by atoms with E-state index in [9.17, 15) is 18.3 Å². The van der Waals surface area contributed by atoms with Gasteiger partial charge < -0.3 is 20.1 Å². The van der Waals surface area contributed by atoms with Gasteiger partial charge in [0.1, 0.15) is 16.2 Å². The van der Waals surface area contributed by atoms with Crippen molar-refractivity contribution in [3.05, 3.63) is 47.5 Å². The van der Waals surface area contributed by atoms with Gasteiger partial charge in [0.2, 0.25) is 0 Å². The first-order valence-corrected chi connectivity index (χ1v) is 13.0. The number of carboxylic acids is 1. The third-order valence-corrected chi connectivity index (χ3v) is 8.41. The average Bonchev–Trinajstić information content (AvgIpc) is 3.46. The van der Waals surface area contributed by atoms with Gasteiger partial charge in [0.15, 0.2) is 0 Å². The van der Waals surface area contributed by atoms with E-state index in [1.165, 1.54) is 12.1 Å². The molecule has 0 amide bonds. The normalized spacial score (nSPS) is 23.8. The number of carbonyl (C=O) groups is 1. The van der Waals surface area contributed by atoms with Gasteiger partial charge in [-0.2, -0.15) is 0 Å². The predicted molar refractivity (Wildman–Crippen MR) is 126 cm³/mol. The lowest BCUT2D eigenvalue weighted by atomic mass is 10.0. The Labute approximate surface area is 194 Å². The van der Waals surface area contributed by atoms with Crippen molar-refractivity contribution in [3.8, 4) is 5.75 Å². The number of hydrogen-bond donors (Lipinski definition) is 3. The zero-order valence-electron chi connectivity index (χ0n) is 18.6. The Morgan fingerprint density at radius 3 is 2.79 bits per heavy atom. The predicted octanol–water partition coefficient (Wildman–Crippen LogP) is 3.44. The van der Waals surface area contributed by atoms with E-state index in [-0.39, 0.29) is 21.9 Å². The molecule has 33 heavy (non-hydrogen) atoms. The van der Waals surface area contributed by atoms with Crippen molar-refractivity contribution in [2.75, 3.05) is 42.8 Å². The summed E-state index contributed by atoms with van der Waals surface area (Å²) in [6, 6.07) is 10.0. The van der Waals surface area contributed by atoms with E-state index < -0.39 is 16.0 Å². The molecule has 2 aliphatic heterocycles. The largest absolute Gasteiger partial charge is 0.492 e. The Morgan fingerprint density at radius 1 is 1.21 bits per heavy atom. The molecule has 2 fully saturated rings. The molecule has 8 nitrogen and oxygen atoms in total. The van der Waals surface area contributed by atoms with Gasteiger partial charge in [0, 0.05) is 19.0 Å². The highest BCUT2D eigenvalue weighted by Gasteiger charge is 2.45. The second kappa shape index (κ2) is 8.53. The van der Waals surface area contributed by atoms with Crippen molar-refractivity contribution in [2.45, 2.75) is 30.6 Å². The summed E-state index contributed by atoms with van der Waals surface area (Å²) in [4.78, 5) is 14.5. The van der Waals surface area contributed by atoms with E-state index >= 15 is 0 Å². The lowest BCUT2D eigenvalue weighted by molar-refractivity contribution is 0.0692. The number of benzene rings is 2. The maximum absolute atomic E-state index is 13.3. The summed E-state index contributed by atoms with van der Waals surface area (Å²) in [5.41, 5.74) is 1.25. The van der Waals surface area contributed by atoms with Crippen LogP contribution in [0.1, 0.15) is 41.6 Å². The highest BCUT2D eigenvalue weighted by atomic mass is 32.2. The van der Waals surface area contributed by atoms with E-state index in [0.29, 0.717) is 36.6 Å². The zero-order chi connectivity index (χ0) is 23.2. The third-order valence-electron chi connectivity index (χ3n) is 6.99. The fraction of sp³-hybridized carbons (Fsp3) is 0.458. The quantitative estimate of drug-likeness (QED) is 0.541. The Bertz CT molecular complexity index is 1180. The summed E-state index contributed by atoms with van der Waals surface area (Å²) >= 11 is 0. The summed E-state index contributed by atoms with van der Waals surface area (Å²) in [7, 11) is -4.03. The van der Waals surface area contributed by atoms with Crippen LogP contribution in [-0.4, -0.2) is 57.2 Å². The first kappa shape index (κ1) is 22.0. The second-order valence-corrected chi connectivity index (χ2v) is 10.8. The van der Waals surface area contributed by atoms with Crippen molar-refractivity contribution < 1.29 is 23.1 Å². The molecular weight excluding hydrogens is 442 g/mol. The smallest absolute Gasteiger partial charge is 0.341 e. The van der Waals surface area contributed by atoms with E-state index in [4.69, 9.17) is 4.74 Å². The maximum Gasteiger partial charge on any atom is 0.341 e. The standard InChI is InChI=1S/C24H29N3O5S/c1-2-27-10-9-15(13-27)12-25-19-5-3-4-6-21(19)33(30,31)26-20-8-7-17-18-11-16(18)14-32-23(17)22(20)24(28)29/h3-8,15-16,18,25-26H,2,9-14H2,1H3,(H,28,29)/t15-,16?,18?/m0/s1. The number of para-hydroxylation sites is 1. The summed E-state index contributed by atoms with van der Waals surface area (Å²) < 4.78 is 34.9. The molecule has 1 aliphatic carbocycles. The van der Waals surface area contributed by atoms with Gasteiger partial charge in [-0.05, 0) is 61.5 Å². The van der Waals surface area contributed by atoms with E-state index in [2.05, 4.69) is 21.9 Å². The molecule has 0 bridgehead atoms. The van der Waals surface area contributed by atoms with Crippen LogP contribution in [0.15, 0.2) is 41.3 Å². The molecule has 0 spiro atoms. The van der Waals surface area contributed by atoms with Gasteiger partial charge in [0.05, 0.1) is 18.0 Å². The summed E-state index contributed by atoms with van der Waals surface area (Å²) in [6.45, 7) is 6.36. The number of sulfonamides is 1. The van der Waals surface area contributed by atoms with Crippen LogP contribution < -0.4 is 14.8 Å². The Morgan fingerprint density at radius 2 is 2.03 bits per heavy atom. The van der Waals surface area contributed by atoms with Crippen LogP contribution in [-0.2, 0) is 10.0 Å². The fourth-order valence-corrected chi connectivity index (χ4v) is 6.27. The van der Waals surface area contributed by atoms with Gasteiger partial charge in [-0.25, -0.2) is 13.2 Å². The van der Waals surface area contributed by atoms with Crippen LogP contribution in [0.2, 0.25) is 0 Å². The zero-order valence-corrected chi connectivity index (χ0v) is 19.4. The fourth-order valence-electron chi connectivity index (χ4n) is 5.01. The van der Waals surface area contributed by atoms with Crippen molar-refractivity contribution in [1.82, 2.24) is 4.90 Å². The monoisotopic (exact) mass is 471 g/mol. The molecule has 3 aliphatic rings. The summed E-state index contributed by atoms with van der Waals surface area (Å²) in [5.74, 6) is 0.272. The van der Waals surface area contributed by atoms with Crippen LogP contribution in [0, 0.1) is 11.8 Å². The van der Waals surface area contributed by atoms with Gasteiger partial charge in [0.25, 0.3) is 10.0 Å². The molecule has 3 atom stereocenters. The highest BCUT2D eigenvalue weighted by molar-refractivity contribution is 7.92. The second-order valence-electron chi connectivity index (χ2n) is 9.16. The lowest BCUT2D eigenvalue weighted by Crippen LogP contribution is -2.23. The van der Waals surface area contributed by atoms with Crippen molar-refractivity contribution in [3.63, 3.8) is 0 Å². The van der Waals surface area contributed by atoms with Crippen molar-refractivity contribution in [1.29, 1.82) is 0 Å². The molecular formula is C24H29N3O5S. The SMILES string of the molecule is CCN1CC[C@@H](CNc2ccccc2S(=O)(=O)Nc2ccc3c(c2C(=O)O)OCC2CC32)C1. The number of nitrogens with zero attached hydrogens (tertiary/aromatic N) is 1. The molecule has 5 rings (SSSR count). The number of ether oxygens (including phenoxy) is 1.